The van der Waals surface area contributed by atoms with Crippen molar-refractivity contribution in [3.63, 3.8) is 0 Å². The van der Waals surface area contributed by atoms with Gasteiger partial charge in [0.2, 0.25) is 0 Å². The van der Waals surface area contributed by atoms with Crippen LogP contribution in [-0.2, 0) is 13.1 Å². The second-order valence-electron chi connectivity index (χ2n) is 2.84. The monoisotopic (exact) mass is 192 g/mol. The largest absolute Gasteiger partial charge is 0.406 e. The summed E-state index contributed by atoms with van der Waals surface area (Å²) in [4.78, 5) is 0. The van der Waals surface area contributed by atoms with Gasteiger partial charge in [0, 0.05) is 18.9 Å². The van der Waals surface area contributed by atoms with Crippen molar-refractivity contribution in [2.45, 2.75) is 19.3 Å². The van der Waals surface area contributed by atoms with Crippen LogP contribution in [0, 0.1) is 0 Å². The third-order valence-electron chi connectivity index (χ3n) is 1.55. The average molecular weight is 192 g/mol. The van der Waals surface area contributed by atoms with Crippen molar-refractivity contribution in [3.05, 3.63) is 24.0 Å². The van der Waals surface area contributed by atoms with Crippen molar-refractivity contribution in [2.24, 2.45) is 0 Å². The summed E-state index contributed by atoms with van der Waals surface area (Å²) < 4.78 is 36.8. The SMILES string of the molecule is CNCc1ccn(CC(F)(F)F)c1. The Kier molecular flexibility index (Phi) is 2.98. The predicted molar refractivity (Wildman–Crippen MR) is 43.3 cm³/mol. The van der Waals surface area contributed by atoms with Crippen molar-refractivity contribution in [1.29, 1.82) is 0 Å². The molecule has 0 radical (unpaired) electrons. The van der Waals surface area contributed by atoms with E-state index in [1.165, 1.54) is 12.4 Å². The maximum Gasteiger partial charge on any atom is 0.406 e. The lowest BCUT2D eigenvalue weighted by atomic mass is 10.3. The fraction of sp³-hybridized carbons (Fsp3) is 0.500. The first-order valence-corrected chi connectivity index (χ1v) is 3.87. The minimum atomic E-state index is -4.14. The van der Waals surface area contributed by atoms with Crippen LogP contribution in [0.15, 0.2) is 18.5 Å². The van der Waals surface area contributed by atoms with Crippen LogP contribution in [0.1, 0.15) is 5.56 Å². The first kappa shape index (κ1) is 10.1. The molecule has 74 valence electrons. The molecule has 13 heavy (non-hydrogen) atoms. The molecule has 0 spiro atoms. The number of alkyl halides is 3. The molecule has 0 amide bonds. The zero-order valence-electron chi connectivity index (χ0n) is 7.23. The summed E-state index contributed by atoms with van der Waals surface area (Å²) in [5.41, 5.74) is 0.853. The summed E-state index contributed by atoms with van der Waals surface area (Å²) in [6.45, 7) is -0.332. The van der Waals surface area contributed by atoms with E-state index in [2.05, 4.69) is 5.32 Å². The molecule has 0 unspecified atom stereocenters. The lowest BCUT2D eigenvalue weighted by Gasteiger charge is -2.06. The van der Waals surface area contributed by atoms with Crippen LogP contribution < -0.4 is 5.32 Å². The van der Waals surface area contributed by atoms with Crippen molar-refractivity contribution < 1.29 is 13.2 Å². The molecule has 0 saturated carbocycles. The number of hydrogen-bond acceptors (Lipinski definition) is 1. The molecule has 0 aromatic carbocycles. The van der Waals surface area contributed by atoms with Gasteiger partial charge in [0.1, 0.15) is 6.54 Å². The Bertz CT molecular complexity index is 265. The van der Waals surface area contributed by atoms with E-state index in [1.54, 1.807) is 13.1 Å². The molecule has 0 bridgehead atoms. The molecule has 0 fully saturated rings. The number of aromatic nitrogens is 1. The van der Waals surface area contributed by atoms with E-state index in [9.17, 15) is 13.2 Å². The molecule has 1 aromatic heterocycles. The topological polar surface area (TPSA) is 17.0 Å². The summed E-state index contributed by atoms with van der Waals surface area (Å²) in [5, 5.41) is 2.87. The summed E-state index contributed by atoms with van der Waals surface area (Å²) in [5.74, 6) is 0. The van der Waals surface area contributed by atoms with Crippen LogP contribution in [0.3, 0.4) is 0 Å². The molecule has 0 atom stereocenters. The first-order chi connectivity index (χ1) is 6.01. The standard InChI is InChI=1S/C8H11F3N2/c1-12-4-7-2-3-13(5-7)6-8(9,10)11/h2-3,5,12H,4,6H2,1H3. The van der Waals surface area contributed by atoms with Gasteiger partial charge in [-0.2, -0.15) is 13.2 Å². The van der Waals surface area contributed by atoms with Crippen molar-refractivity contribution >= 4 is 0 Å². The van der Waals surface area contributed by atoms with Gasteiger partial charge in [-0.05, 0) is 18.7 Å². The van der Waals surface area contributed by atoms with Crippen LogP contribution in [0.2, 0.25) is 0 Å². The quantitative estimate of drug-likeness (QED) is 0.772. The van der Waals surface area contributed by atoms with Crippen LogP contribution in [-0.4, -0.2) is 17.8 Å². The van der Waals surface area contributed by atoms with E-state index in [1.807, 2.05) is 0 Å². The Morgan fingerprint density at radius 1 is 1.46 bits per heavy atom. The maximum absolute atomic E-state index is 11.9. The number of rotatable bonds is 3. The normalized spacial score (nSPS) is 12.0. The fourth-order valence-corrected chi connectivity index (χ4v) is 1.10. The second-order valence-corrected chi connectivity index (χ2v) is 2.84. The minimum Gasteiger partial charge on any atom is -0.345 e. The van der Waals surface area contributed by atoms with Gasteiger partial charge in [0.25, 0.3) is 0 Å². The third kappa shape index (κ3) is 3.50. The highest BCUT2D eigenvalue weighted by Crippen LogP contribution is 2.17. The predicted octanol–water partition coefficient (Wildman–Crippen LogP) is 1.77. The number of nitrogens with one attached hydrogen (secondary N) is 1. The Balaban J connectivity index is 2.59. The molecule has 0 aliphatic carbocycles. The number of halogens is 3. The lowest BCUT2D eigenvalue weighted by Crippen LogP contribution is -2.16. The number of nitrogens with zero attached hydrogens (tertiary/aromatic N) is 1. The van der Waals surface area contributed by atoms with Gasteiger partial charge in [0.15, 0.2) is 0 Å². The maximum atomic E-state index is 11.9. The minimum absolute atomic E-state index is 0.588. The van der Waals surface area contributed by atoms with E-state index < -0.39 is 12.7 Å². The highest BCUT2D eigenvalue weighted by molar-refractivity contribution is 5.09. The van der Waals surface area contributed by atoms with Crippen LogP contribution >= 0.6 is 0 Å². The van der Waals surface area contributed by atoms with Gasteiger partial charge >= 0.3 is 6.18 Å². The molecule has 0 aliphatic rings. The first-order valence-electron chi connectivity index (χ1n) is 3.87. The van der Waals surface area contributed by atoms with E-state index in [0.29, 0.717) is 6.54 Å². The van der Waals surface area contributed by atoms with Gasteiger partial charge in [-0.3, -0.25) is 0 Å². The van der Waals surface area contributed by atoms with Gasteiger partial charge in [-0.15, -0.1) is 0 Å². The van der Waals surface area contributed by atoms with Gasteiger partial charge < -0.3 is 9.88 Å². The van der Waals surface area contributed by atoms with E-state index in [-0.39, 0.29) is 0 Å². The van der Waals surface area contributed by atoms with Crippen molar-refractivity contribution in [2.75, 3.05) is 7.05 Å². The van der Waals surface area contributed by atoms with E-state index >= 15 is 0 Å². The van der Waals surface area contributed by atoms with E-state index in [4.69, 9.17) is 0 Å². The fourth-order valence-electron chi connectivity index (χ4n) is 1.10. The Morgan fingerprint density at radius 3 is 2.69 bits per heavy atom. The zero-order chi connectivity index (χ0) is 9.90. The molecule has 0 saturated heterocycles. The molecule has 1 rings (SSSR count). The highest BCUT2D eigenvalue weighted by Gasteiger charge is 2.27. The molecule has 2 nitrogen and oxygen atoms in total. The summed E-state index contributed by atoms with van der Waals surface area (Å²) in [6, 6.07) is 1.67. The summed E-state index contributed by atoms with van der Waals surface area (Å²) in [7, 11) is 1.75. The van der Waals surface area contributed by atoms with Crippen LogP contribution in [0.5, 0.6) is 0 Å². The molecule has 1 aromatic rings. The highest BCUT2D eigenvalue weighted by atomic mass is 19.4. The molecule has 5 heteroatoms. The Morgan fingerprint density at radius 2 is 2.15 bits per heavy atom. The van der Waals surface area contributed by atoms with Crippen LogP contribution in [0.4, 0.5) is 13.2 Å². The Labute approximate surface area is 74.4 Å². The van der Waals surface area contributed by atoms with Gasteiger partial charge in [0.05, 0.1) is 0 Å². The third-order valence-corrected chi connectivity index (χ3v) is 1.55. The molecule has 0 aliphatic heterocycles. The van der Waals surface area contributed by atoms with Crippen molar-refractivity contribution in [3.8, 4) is 0 Å². The Hall–Kier alpha value is -0.970. The summed E-state index contributed by atoms with van der Waals surface area (Å²) in [6.07, 6.45) is -1.22. The lowest BCUT2D eigenvalue weighted by molar-refractivity contribution is -0.140. The molecule has 1 heterocycles. The average Bonchev–Trinajstić information content (AvgIpc) is 2.33. The summed E-state index contributed by atoms with van der Waals surface area (Å²) >= 11 is 0. The van der Waals surface area contributed by atoms with Gasteiger partial charge in [-0.25, -0.2) is 0 Å². The van der Waals surface area contributed by atoms with Gasteiger partial charge in [-0.1, -0.05) is 0 Å². The molecule has 1 N–H and O–H groups in total. The van der Waals surface area contributed by atoms with Crippen LogP contribution in [0.25, 0.3) is 0 Å². The smallest absolute Gasteiger partial charge is 0.345 e. The van der Waals surface area contributed by atoms with E-state index in [0.717, 1.165) is 10.1 Å². The molecular formula is C8H11F3N2. The second kappa shape index (κ2) is 3.83. The zero-order valence-corrected chi connectivity index (χ0v) is 7.23. The van der Waals surface area contributed by atoms with Crippen molar-refractivity contribution in [1.82, 2.24) is 9.88 Å². The molecular weight excluding hydrogens is 181 g/mol. The number of hydrogen-bond donors (Lipinski definition) is 1.